The van der Waals surface area contributed by atoms with Gasteiger partial charge >= 0.3 is 0 Å². The SMILES string of the molecule is O=C(NCC[C@@H]1CCCN1)c1cn[nH]n1. The van der Waals surface area contributed by atoms with Crippen molar-refractivity contribution in [2.75, 3.05) is 13.1 Å². The van der Waals surface area contributed by atoms with Gasteiger partial charge in [0, 0.05) is 12.6 Å². The highest BCUT2D eigenvalue weighted by molar-refractivity contribution is 5.91. The van der Waals surface area contributed by atoms with Crippen LogP contribution in [-0.4, -0.2) is 40.4 Å². The summed E-state index contributed by atoms with van der Waals surface area (Å²) >= 11 is 0. The first-order valence-electron chi connectivity index (χ1n) is 5.23. The molecule has 0 aromatic carbocycles. The topological polar surface area (TPSA) is 82.7 Å². The minimum atomic E-state index is -0.165. The third-order valence-electron chi connectivity index (χ3n) is 2.59. The summed E-state index contributed by atoms with van der Waals surface area (Å²) in [5.74, 6) is -0.165. The fourth-order valence-corrected chi connectivity index (χ4v) is 1.76. The molecule has 3 N–H and O–H groups in total. The summed E-state index contributed by atoms with van der Waals surface area (Å²) in [6, 6.07) is 0.558. The Morgan fingerprint density at radius 2 is 2.60 bits per heavy atom. The molecular weight excluding hydrogens is 194 g/mol. The van der Waals surface area contributed by atoms with E-state index in [2.05, 4.69) is 26.0 Å². The monoisotopic (exact) mass is 209 g/mol. The molecular formula is C9H15N5O. The second-order valence-corrected chi connectivity index (χ2v) is 3.69. The molecule has 0 radical (unpaired) electrons. The maximum atomic E-state index is 11.4. The van der Waals surface area contributed by atoms with Gasteiger partial charge in [-0.2, -0.15) is 15.4 Å². The summed E-state index contributed by atoms with van der Waals surface area (Å²) in [6.07, 6.45) is 4.84. The van der Waals surface area contributed by atoms with Crippen LogP contribution in [-0.2, 0) is 0 Å². The van der Waals surface area contributed by atoms with E-state index in [0.29, 0.717) is 18.3 Å². The Hall–Kier alpha value is -1.43. The quantitative estimate of drug-likeness (QED) is 0.634. The minimum absolute atomic E-state index is 0.165. The van der Waals surface area contributed by atoms with Crippen LogP contribution in [0.1, 0.15) is 29.8 Å². The number of aromatic amines is 1. The Bertz CT molecular complexity index is 304. The average Bonchev–Trinajstić information content (AvgIpc) is 2.90. The number of rotatable bonds is 4. The smallest absolute Gasteiger partial charge is 0.273 e. The van der Waals surface area contributed by atoms with Crippen molar-refractivity contribution in [2.45, 2.75) is 25.3 Å². The Kier molecular flexibility index (Phi) is 3.29. The van der Waals surface area contributed by atoms with Crippen LogP contribution in [0.25, 0.3) is 0 Å². The van der Waals surface area contributed by atoms with Crippen molar-refractivity contribution in [1.82, 2.24) is 26.0 Å². The fraction of sp³-hybridized carbons (Fsp3) is 0.667. The molecule has 15 heavy (non-hydrogen) atoms. The van der Waals surface area contributed by atoms with Crippen molar-refractivity contribution < 1.29 is 4.79 Å². The molecule has 0 bridgehead atoms. The van der Waals surface area contributed by atoms with Crippen LogP contribution in [0.5, 0.6) is 0 Å². The van der Waals surface area contributed by atoms with Gasteiger partial charge in [0.2, 0.25) is 0 Å². The standard InChI is InChI=1S/C9H15N5O/c15-9(8-6-12-14-13-8)11-5-3-7-2-1-4-10-7/h6-7,10H,1-5H2,(H,11,15)(H,12,13,14)/t7-/m0/s1. The van der Waals surface area contributed by atoms with Crippen molar-refractivity contribution in [1.29, 1.82) is 0 Å². The van der Waals surface area contributed by atoms with Crippen LogP contribution in [0, 0.1) is 0 Å². The van der Waals surface area contributed by atoms with Crippen molar-refractivity contribution in [3.8, 4) is 0 Å². The predicted octanol–water partition coefficient (Wildman–Crippen LogP) is -0.323. The van der Waals surface area contributed by atoms with E-state index in [9.17, 15) is 4.79 Å². The lowest BCUT2D eigenvalue weighted by Crippen LogP contribution is -2.30. The number of H-pyrrole nitrogens is 1. The molecule has 0 unspecified atom stereocenters. The average molecular weight is 209 g/mol. The van der Waals surface area contributed by atoms with E-state index in [0.717, 1.165) is 13.0 Å². The molecule has 0 saturated carbocycles. The van der Waals surface area contributed by atoms with E-state index in [-0.39, 0.29) is 5.91 Å². The van der Waals surface area contributed by atoms with Gasteiger partial charge in [0.15, 0.2) is 5.69 Å². The maximum Gasteiger partial charge on any atom is 0.273 e. The van der Waals surface area contributed by atoms with E-state index in [4.69, 9.17) is 0 Å². The summed E-state index contributed by atoms with van der Waals surface area (Å²) < 4.78 is 0. The lowest BCUT2D eigenvalue weighted by molar-refractivity contribution is 0.0947. The lowest BCUT2D eigenvalue weighted by atomic mass is 10.1. The molecule has 1 fully saturated rings. The third kappa shape index (κ3) is 2.76. The summed E-state index contributed by atoms with van der Waals surface area (Å²) in [5, 5.41) is 15.9. The van der Waals surface area contributed by atoms with Gasteiger partial charge in [-0.1, -0.05) is 0 Å². The Balaban J connectivity index is 1.67. The first-order valence-corrected chi connectivity index (χ1v) is 5.23. The zero-order chi connectivity index (χ0) is 10.5. The van der Waals surface area contributed by atoms with Gasteiger partial charge in [0.1, 0.15) is 0 Å². The lowest BCUT2D eigenvalue weighted by Gasteiger charge is -2.09. The third-order valence-corrected chi connectivity index (χ3v) is 2.59. The summed E-state index contributed by atoms with van der Waals surface area (Å²) in [4.78, 5) is 11.4. The van der Waals surface area contributed by atoms with E-state index < -0.39 is 0 Å². The normalized spacial score (nSPS) is 20.4. The van der Waals surface area contributed by atoms with Gasteiger partial charge in [0.25, 0.3) is 5.91 Å². The molecule has 1 saturated heterocycles. The van der Waals surface area contributed by atoms with Crippen LogP contribution in [0.15, 0.2) is 6.20 Å². The first kappa shape index (κ1) is 10.1. The molecule has 1 aliphatic rings. The molecule has 1 aliphatic heterocycles. The molecule has 6 nitrogen and oxygen atoms in total. The van der Waals surface area contributed by atoms with Crippen LogP contribution in [0.4, 0.5) is 0 Å². The predicted molar refractivity (Wildman–Crippen MR) is 54.4 cm³/mol. The number of amides is 1. The molecule has 1 aromatic rings. The van der Waals surface area contributed by atoms with Crippen LogP contribution in [0.3, 0.4) is 0 Å². The molecule has 2 rings (SSSR count). The van der Waals surface area contributed by atoms with Gasteiger partial charge in [0.05, 0.1) is 6.20 Å². The maximum absolute atomic E-state index is 11.4. The van der Waals surface area contributed by atoms with E-state index in [1.165, 1.54) is 19.0 Å². The van der Waals surface area contributed by atoms with Crippen molar-refractivity contribution in [3.63, 3.8) is 0 Å². The minimum Gasteiger partial charge on any atom is -0.351 e. The summed E-state index contributed by atoms with van der Waals surface area (Å²) in [6.45, 7) is 1.78. The molecule has 0 spiro atoms. The Morgan fingerprint density at radius 3 is 3.27 bits per heavy atom. The first-order chi connectivity index (χ1) is 7.36. The number of hydrogen-bond donors (Lipinski definition) is 3. The molecule has 1 atom stereocenters. The number of hydrogen-bond acceptors (Lipinski definition) is 4. The number of nitrogens with one attached hydrogen (secondary N) is 3. The van der Waals surface area contributed by atoms with Crippen LogP contribution < -0.4 is 10.6 Å². The molecule has 1 aromatic heterocycles. The molecule has 0 aliphatic carbocycles. The van der Waals surface area contributed by atoms with E-state index in [1.54, 1.807) is 0 Å². The molecule has 6 heteroatoms. The van der Waals surface area contributed by atoms with Crippen LogP contribution in [0.2, 0.25) is 0 Å². The Labute approximate surface area is 87.8 Å². The van der Waals surface area contributed by atoms with Gasteiger partial charge in [-0.05, 0) is 25.8 Å². The zero-order valence-corrected chi connectivity index (χ0v) is 8.49. The highest BCUT2D eigenvalue weighted by Gasteiger charge is 2.14. The van der Waals surface area contributed by atoms with Crippen LogP contribution >= 0.6 is 0 Å². The largest absolute Gasteiger partial charge is 0.351 e. The van der Waals surface area contributed by atoms with E-state index in [1.807, 2.05) is 0 Å². The highest BCUT2D eigenvalue weighted by atomic mass is 16.1. The molecule has 2 heterocycles. The Morgan fingerprint density at radius 1 is 1.67 bits per heavy atom. The fourth-order valence-electron chi connectivity index (χ4n) is 1.76. The van der Waals surface area contributed by atoms with Gasteiger partial charge < -0.3 is 10.6 Å². The van der Waals surface area contributed by atoms with Crippen molar-refractivity contribution >= 4 is 5.91 Å². The van der Waals surface area contributed by atoms with Gasteiger partial charge in [-0.3, -0.25) is 4.79 Å². The van der Waals surface area contributed by atoms with E-state index >= 15 is 0 Å². The zero-order valence-electron chi connectivity index (χ0n) is 8.49. The number of aromatic nitrogens is 3. The molecule has 82 valence electrons. The van der Waals surface area contributed by atoms with Gasteiger partial charge in [-0.15, -0.1) is 0 Å². The second-order valence-electron chi connectivity index (χ2n) is 3.69. The number of carbonyl (C=O) groups excluding carboxylic acids is 1. The summed E-state index contributed by atoms with van der Waals surface area (Å²) in [5.41, 5.74) is 0.342. The van der Waals surface area contributed by atoms with Crippen molar-refractivity contribution in [3.05, 3.63) is 11.9 Å². The van der Waals surface area contributed by atoms with Crippen molar-refractivity contribution in [2.24, 2.45) is 0 Å². The summed E-state index contributed by atoms with van der Waals surface area (Å²) in [7, 11) is 0. The highest BCUT2D eigenvalue weighted by Crippen LogP contribution is 2.07. The number of carbonyl (C=O) groups is 1. The number of nitrogens with zero attached hydrogens (tertiary/aromatic N) is 2. The second kappa shape index (κ2) is 4.88. The molecule has 1 amide bonds. The van der Waals surface area contributed by atoms with Gasteiger partial charge in [-0.25, -0.2) is 0 Å².